The van der Waals surface area contributed by atoms with E-state index in [4.69, 9.17) is 16.3 Å². The van der Waals surface area contributed by atoms with Crippen molar-refractivity contribution < 1.29 is 14.3 Å². The highest BCUT2D eigenvalue weighted by Crippen LogP contribution is 2.40. The number of nitrogens with zero attached hydrogens (tertiary/aromatic N) is 3. The molecular formula is C22H28ClN5O3. The minimum Gasteiger partial charge on any atom is -0.354 e. The number of rotatable bonds is 4. The van der Waals surface area contributed by atoms with Gasteiger partial charge in [-0.15, -0.1) is 0 Å². The third-order valence-corrected chi connectivity index (χ3v) is 6.00. The lowest BCUT2D eigenvalue weighted by atomic mass is 9.88. The number of amides is 3. The molecule has 0 bridgehead atoms. The second-order valence-corrected chi connectivity index (χ2v) is 9.01. The summed E-state index contributed by atoms with van der Waals surface area (Å²) < 4.78 is 8.39. The summed E-state index contributed by atoms with van der Waals surface area (Å²) in [4.78, 5) is 31.7. The quantitative estimate of drug-likeness (QED) is 0.756. The average Bonchev–Trinajstić information content (AvgIpc) is 3.22. The monoisotopic (exact) mass is 445 g/mol. The molecule has 0 aliphatic carbocycles. The summed E-state index contributed by atoms with van der Waals surface area (Å²) in [7, 11) is 0. The first-order valence-electron chi connectivity index (χ1n) is 10.6. The first kappa shape index (κ1) is 21.6. The molecule has 1 atom stereocenters. The number of benzene rings is 1. The maximum Gasteiger partial charge on any atom is 0.321 e. The van der Waals surface area contributed by atoms with Gasteiger partial charge in [-0.1, -0.05) is 31.5 Å². The molecular weight excluding hydrogens is 418 g/mol. The van der Waals surface area contributed by atoms with Crippen molar-refractivity contribution in [3.63, 3.8) is 0 Å². The predicted octanol–water partition coefficient (Wildman–Crippen LogP) is 3.23. The minimum atomic E-state index is -0.672. The zero-order chi connectivity index (χ0) is 22.0. The topological polar surface area (TPSA) is 88.5 Å². The summed E-state index contributed by atoms with van der Waals surface area (Å²) in [5.74, 6) is 1.09. The Hall–Kier alpha value is -2.58. The first-order chi connectivity index (χ1) is 14.9. The summed E-state index contributed by atoms with van der Waals surface area (Å²) in [6, 6.07) is 6.90. The van der Waals surface area contributed by atoms with Gasteiger partial charge >= 0.3 is 6.03 Å². The number of aromatic nitrogens is 2. The molecule has 8 nitrogen and oxygen atoms in total. The fourth-order valence-electron chi connectivity index (χ4n) is 4.13. The fourth-order valence-corrected chi connectivity index (χ4v) is 4.32. The van der Waals surface area contributed by atoms with E-state index in [1.807, 2.05) is 10.8 Å². The van der Waals surface area contributed by atoms with E-state index >= 15 is 0 Å². The van der Waals surface area contributed by atoms with Crippen molar-refractivity contribution in [2.24, 2.45) is 5.92 Å². The summed E-state index contributed by atoms with van der Waals surface area (Å²) in [6.07, 6.45) is 4.20. The van der Waals surface area contributed by atoms with Gasteiger partial charge in [0.25, 0.3) is 5.91 Å². The van der Waals surface area contributed by atoms with Crippen LogP contribution in [0, 0.1) is 5.92 Å². The Kier molecular flexibility index (Phi) is 6.20. The highest BCUT2D eigenvalue weighted by atomic mass is 35.5. The van der Waals surface area contributed by atoms with Gasteiger partial charge in [0.15, 0.2) is 6.10 Å². The number of hydrogen-bond acceptors (Lipinski definition) is 4. The van der Waals surface area contributed by atoms with E-state index in [0.29, 0.717) is 55.6 Å². The van der Waals surface area contributed by atoms with Crippen LogP contribution in [0.4, 0.5) is 10.5 Å². The van der Waals surface area contributed by atoms with Gasteiger partial charge in [0, 0.05) is 55.6 Å². The number of carbonyl (C=O) groups is 2. The van der Waals surface area contributed by atoms with Crippen LogP contribution in [0.2, 0.25) is 5.02 Å². The molecule has 1 aromatic carbocycles. The second-order valence-electron chi connectivity index (χ2n) is 8.57. The minimum absolute atomic E-state index is 0.103. The number of urea groups is 1. The first-order valence-corrected chi connectivity index (χ1v) is 11.0. The molecule has 1 fully saturated rings. The number of hydrogen-bond donors (Lipinski definition) is 2. The lowest BCUT2D eigenvalue weighted by Crippen LogP contribution is -2.55. The molecule has 3 heterocycles. The summed E-state index contributed by atoms with van der Waals surface area (Å²) >= 11 is 6.00. The Bertz CT molecular complexity index is 952. The number of nitrogens with one attached hydrogen (secondary N) is 2. The molecule has 1 aromatic heterocycles. The van der Waals surface area contributed by atoms with Gasteiger partial charge < -0.3 is 24.8 Å². The van der Waals surface area contributed by atoms with Crippen LogP contribution in [-0.4, -0.2) is 52.1 Å². The van der Waals surface area contributed by atoms with Gasteiger partial charge in [-0.3, -0.25) is 4.79 Å². The molecule has 4 rings (SSSR count). The number of imidazole rings is 1. The van der Waals surface area contributed by atoms with E-state index in [0.717, 1.165) is 5.82 Å². The molecule has 0 radical (unpaired) electrons. The van der Waals surface area contributed by atoms with Crippen LogP contribution in [-0.2, 0) is 21.7 Å². The number of anilines is 1. The highest BCUT2D eigenvalue weighted by molar-refractivity contribution is 6.30. The molecule has 0 unspecified atom stereocenters. The fraction of sp³-hybridized carbons (Fsp3) is 0.500. The Morgan fingerprint density at radius 2 is 2.10 bits per heavy atom. The van der Waals surface area contributed by atoms with Crippen molar-refractivity contribution in [1.82, 2.24) is 19.8 Å². The van der Waals surface area contributed by atoms with Gasteiger partial charge in [-0.25, -0.2) is 9.78 Å². The van der Waals surface area contributed by atoms with Crippen LogP contribution < -0.4 is 10.6 Å². The zero-order valence-corrected chi connectivity index (χ0v) is 18.6. The van der Waals surface area contributed by atoms with Crippen molar-refractivity contribution in [2.45, 2.75) is 44.9 Å². The Labute approximate surface area is 186 Å². The van der Waals surface area contributed by atoms with Gasteiger partial charge in [0.1, 0.15) is 11.4 Å². The number of likely N-dealkylation sites (tertiary alicyclic amines) is 1. The lowest BCUT2D eigenvalue weighted by molar-refractivity contribution is -0.171. The molecule has 1 saturated heterocycles. The van der Waals surface area contributed by atoms with Crippen LogP contribution in [0.25, 0.3) is 0 Å². The highest BCUT2D eigenvalue weighted by Gasteiger charge is 2.47. The molecule has 2 N–H and O–H groups in total. The maximum atomic E-state index is 12.7. The number of fused-ring (bicyclic) bond motifs is 2. The summed E-state index contributed by atoms with van der Waals surface area (Å²) in [6.45, 7) is 6.17. The smallest absolute Gasteiger partial charge is 0.321 e. The zero-order valence-electron chi connectivity index (χ0n) is 17.8. The Balaban J connectivity index is 1.43. The molecule has 166 valence electrons. The van der Waals surface area contributed by atoms with Gasteiger partial charge in [0.05, 0.1) is 6.54 Å². The molecule has 2 aromatic rings. The Morgan fingerprint density at radius 1 is 1.32 bits per heavy atom. The molecule has 31 heavy (non-hydrogen) atoms. The van der Waals surface area contributed by atoms with Crippen molar-refractivity contribution in [2.75, 3.05) is 25.0 Å². The molecule has 2 aliphatic heterocycles. The van der Waals surface area contributed by atoms with E-state index in [-0.39, 0.29) is 11.9 Å². The van der Waals surface area contributed by atoms with Gasteiger partial charge in [-0.05, 0) is 24.1 Å². The van der Waals surface area contributed by atoms with E-state index in [1.165, 1.54) is 0 Å². The van der Waals surface area contributed by atoms with Gasteiger partial charge in [0.2, 0.25) is 0 Å². The van der Waals surface area contributed by atoms with E-state index in [9.17, 15) is 9.59 Å². The largest absolute Gasteiger partial charge is 0.354 e. The Morgan fingerprint density at radius 3 is 2.81 bits per heavy atom. The van der Waals surface area contributed by atoms with Crippen LogP contribution in [0.15, 0.2) is 36.7 Å². The second kappa shape index (κ2) is 8.88. The third-order valence-electron chi connectivity index (χ3n) is 5.76. The van der Waals surface area contributed by atoms with Crippen molar-refractivity contribution >= 4 is 29.2 Å². The molecule has 9 heteroatoms. The average molecular weight is 446 g/mol. The molecule has 1 spiro atoms. The van der Waals surface area contributed by atoms with Gasteiger partial charge in [-0.2, -0.15) is 0 Å². The number of piperidine rings is 1. The third kappa shape index (κ3) is 4.70. The lowest BCUT2D eigenvalue weighted by Gasteiger charge is -2.45. The van der Waals surface area contributed by atoms with Crippen LogP contribution in [0.5, 0.6) is 0 Å². The van der Waals surface area contributed by atoms with Crippen molar-refractivity contribution in [3.05, 3.63) is 47.5 Å². The predicted molar refractivity (Wildman–Crippen MR) is 118 cm³/mol. The summed E-state index contributed by atoms with van der Waals surface area (Å²) in [5.41, 5.74) is -0.0156. The molecule has 2 aliphatic rings. The van der Waals surface area contributed by atoms with E-state index in [2.05, 4.69) is 29.5 Å². The standard InChI is InChI=1S/C22H28ClN5O3/c1-15(2)13-25-19(29)18-14-28-11-8-24-20(28)22(31-18)6-9-27(10-7-22)21(30)26-17-5-3-4-16(23)12-17/h3-5,8,11-12,15,18H,6-7,9-10,13-14H2,1-2H3,(H,25,29)(H,26,30)/t18-/m0/s1. The molecule has 3 amide bonds. The maximum absolute atomic E-state index is 12.7. The van der Waals surface area contributed by atoms with E-state index < -0.39 is 11.7 Å². The van der Waals surface area contributed by atoms with Crippen LogP contribution in [0.1, 0.15) is 32.5 Å². The van der Waals surface area contributed by atoms with Crippen LogP contribution in [0.3, 0.4) is 0 Å². The normalized spacial score (nSPS) is 19.9. The SMILES string of the molecule is CC(C)CNC(=O)[C@@H]1Cn2ccnc2C2(CCN(C(=O)Nc3cccc(Cl)c3)CC2)O1. The number of ether oxygens (including phenoxy) is 1. The number of halogens is 1. The van der Waals surface area contributed by atoms with E-state index in [1.54, 1.807) is 35.4 Å². The molecule has 0 saturated carbocycles. The van der Waals surface area contributed by atoms with Crippen LogP contribution >= 0.6 is 11.6 Å². The van der Waals surface area contributed by atoms with Crippen molar-refractivity contribution in [3.8, 4) is 0 Å². The summed E-state index contributed by atoms with van der Waals surface area (Å²) in [5, 5.41) is 6.43. The van der Waals surface area contributed by atoms with Crippen molar-refractivity contribution in [1.29, 1.82) is 0 Å². The number of carbonyl (C=O) groups excluding carboxylic acids is 2.